The van der Waals surface area contributed by atoms with Gasteiger partial charge in [0.05, 0.1) is 0 Å². The Morgan fingerprint density at radius 1 is 1.07 bits per heavy atom. The molecule has 1 aromatic carbocycles. The number of hydrogen-bond acceptors (Lipinski definition) is 5. The summed E-state index contributed by atoms with van der Waals surface area (Å²) < 4.78 is 0. The summed E-state index contributed by atoms with van der Waals surface area (Å²) in [6.45, 7) is 3.40. The van der Waals surface area contributed by atoms with E-state index in [1.54, 1.807) is 4.90 Å². The predicted molar refractivity (Wildman–Crippen MR) is 107 cm³/mol. The second kappa shape index (κ2) is 7.54. The molecule has 4 aliphatic rings. The maximum atomic E-state index is 13.3. The standard InChI is InChI=1S/C22H28N4O3/c27-19-9-8-18(21(28)24-19)26-13-15-5-1-4-14(20(15)22(26)29)12-25-11-3-6-16-17(25)7-2-10-23-16/h1,4-5,16-18,23H,2-3,6-13H2,(H,24,27,28). The van der Waals surface area contributed by atoms with Crippen molar-refractivity contribution in [3.8, 4) is 0 Å². The van der Waals surface area contributed by atoms with Crippen molar-refractivity contribution in [3.05, 3.63) is 34.9 Å². The second-order valence-corrected chi connectivity index (χ2v) is 8.73. The van der Waals surface area contributed by atoms with E-state index in [-0.39, 0.29) is 24.1 Å². The van der Waals surface area contributed by atoms with Crippen LogP contribution in [-0.2, 0) is 22.7 Å². The third-order valence-electron chi connectivity index (χ3n) is 6.99. The first-order valence-electron chi connectivity index (χ1n) is 10.8. The van der Waals surface area contributed by atoms with Crippen LogP contribution in [0.2, 0.25) is 0 Å². The fraction of sp³-hybridized carbons (Fsp3) is 0.591. The molecule has 0 saturated carbocycles. The van der Waals surface area contributed by atoms with Crippen LogP contribution in [0.5, 0.6) is 0 Å². The van der Waals surface area contributed by atoms with Crippen molar-refractivity contribution in [2.75, 3.05) is 13.1 Å². The molecule has 4 heterocycles. The van der Waals surface area contributed by atoms with Gasteiger partial charge in [-0.25, -0.2) is 0 Å². The monoisotopic (exact) mass is 396 g/mol. The average Bonchev–Trinajstić information content (AvgIpc) is 3.06. The first-order valence-corrected chi connectivity index (χ1v) is 10.8. The number of piperidine rings is 3. The van der Waals surface area contributed by atoms with E-state index < -0.39 is 6.04 Å². The van der Waals surface area contributed by atoms with Crippen LogP contribution in [0.1, 0.15) is 60.0 Å². The summed E-state index contributed by atoms with van der Waals surface area (Å²) in [6, 6.07) is 6.62. The van der Waals surface area contributed by atoms with Crippen molar-refractivity contribution in [2.45, 2.75) is 69.7 Å². The molecule has 29 heavy (non-hydrogen) atoms. The Hall–Kier alpha value is -2.25. The molecule has 0 spiro atoms. The third kappa shape index (κ3) is 3.36. The third-order valence-corrected chi connectivity index (χ3v) is 6.99. The van der Waals surface area contributed by atoms with Crippen LogP contribution in [0, 0.1) is 0 Å². The van der Waals surface area contributed by atoms with Gasteiger partial charge in [-0.3, -0.25) is 24.6 Å². The van der Waals surface area contributed by atoms with Crippen LogP contribution >= 0.6 is 0 Å². The summed E-state index contributed by atoms with van der Waals surface area (Å²) in [6.07, 6.45) is 5.51. The van der Waals surface area contributed by atoms with Gasteiger partial charge >= 0.3 is 0 Å². The van der Waals surface area contributed by atoms with Crippen molar-refractivity contribution >= 4 is 17.7 Å². The number of imide groups is 1. The first kappa shape index (κ1) is 18.8. The molecule has 4 aliphatic heterocycles. The SMILES string of the molecule is O=C1CCC(N2Cc3cccc(CN4CCCC5NCCCC54)c3C2=O)C(=O)N1. The van der Waals surface area contributed by atoms with Gasteiger partial charge in [-0.2, -0.15) is 0 Å². The van der Waals surface area contributed by atoms with E-state index in [1.165, 1.54) is 25.7 Å². The van der Waals surface area contributed by atoms with E-state index >= 15 is 0 Å². The summed E-state index contributed by atoms with van der Waals surface area (Å²) in [5.41, 5.74) is 2.82. The zero-order valence-corrected chi connectivity index (χ0v) is 16.7. The van der Waals surface area contributed by atoms with E-state index in [1.807, 2.05) is 12.1 Å². The topological polar surface area (TPSA) is 81.8 Å². The van der Waals surface area contributed by atoms with Crippen molar-refractivity contribution in [3.63, 3.8) is 0 Å². The molecular weight excluding hydrogens is 368 g/mol. The Kier molecular flexibility index (Phi) is 4.87. The molecule has 2 N–H and O–H groups in total. The molecule has 3 amide bonds. The molecule has 5 rings (SSSR count). The Bertz CT molecular complexity index is 852. The van der Waals surface area contributed by atoms with E-state index in [9.17, 15) is 14.4 Å². The minimum atomic E-state index is -0.553. The van der Waals surface area contributed by atoms with Gasteiger partial charge in [-0.05, 0) is 56.3 Å². The fourth-order valence-electron chi connectivity index (χ4n) is 5.58. The zero-order valence-electron chi connectivity index (χ0n) is 16.7. The van der Waals surface area contributed by atoms with Crippen LogP contribution in [0.3, 0.4) is 0 Å². The molecule has 1 aromatic rings. The number of fused-ring (bicyclic) bond motifs is 2. The molecule has 3 saturated heterocycles. The Balaban J connectivity index is 1.37. The van der Waals surface area contributed by atoms with Gasteiger partial charge in [-0.15, -0.1) is 0 Å². The summed E-state index contributed by atoms with van der Waals surface area (Å²) in [5, 5.41) is 6.05. The van der Waals surface area contributed by atoms with E-state index in [0.29, 0.717) is 25.0 Å². The number of benzene rings is 1. The van der Waals surface area contributed by atoms with Gasteiger partial charge in [0.15, 0.2) is 0 Å². The van der Waals surface area contributed by atoms with Gasteiger partial charge in [-0.1, -0.05) is 18.2 Å². The van der Waals surface area contributed by atoms with Gasteiger partial charge in [0.25, 0.3) is 5.91 Å². The first-order chi connectivity index (χ1) is 14.1. The molecule has 0 aromatic heterocycles. The normalized spacial score (nSPS) is 30.1. The number of nitrogens with zero attached hydrogens (tertiary/aromatic N) is 2. The molecule has 0 radical (unpaired) electrons. The van der Waals surface area contributed by atoms with E-state index in [0.717, 1.165) is 36.3 Å². The molecule has 0 bridgehead atoms. The maximum absolute atomic E-state index is 13.3. The van der Waals surface area contributed by atoms with Crippen molar-refractivity contribution in [2.24, 2.45) is 0 Å². The van der Waals surface area contributed by atoms with Crippen LogP contribution < -0.4 is 10.6 Å². The molecule has 0 aliphatic carbocycles. The number of carbonyl (C=O) groups is 3. The lowest BCUT2D eigenvalue weighted by Gasteiger charge is -2.44. The number of carbonyl (C=O) groups excluding carboxylic acids is 3. The molecule has 154 valence electrons. The van der Waals surface area contributed by atoms with Crippen molar-refractivity contribution in [1.82, 2.24) is 20.4 Å². The van der Waals surface area contributed by atoms with Crippen molar-refractivity contribution < 1.29 is 14.4 Å². The molecule has 3 fully saturated rings. The smallest absolute Gasteiger partial charge is 0.255 e. The second-order valence-electron chi connectivity index (χ2n) is 8.73. The highest BCUT2D eigenvalue weighted by atomic mass is 16.2. The summed E-state index contributed by atoms with van der Waals surface area (Å²) in [4.78, 5) is 41.3. The predicted octanol–water partition coefficient (Wildman–Crippen LogP) is 1.16. The van der Waals surface area contributed by atoms with Crippen LogP contribution in [0.25, 0.3) is 0 Å². The number of rotatable bonds is 3. The largest absolute Gasteiger partial charge is 0.322 e. The van der Waals surface area contributed by atoms with Gasteiger partial charge < -0.3 is 10.2 Å². The minimum absolute atomic E-state index is 0.0690. The van der Waals surface area contributed by atoms with E-state index in [2.05, 4.69) is 21.6 Å². The summed E-state index contributed by atoms with van der Waals surface area (Å²) in [7, 11) is 0. The number of amides is 3. The Morgan fingerprint density at radius 2 is 1.97 bits per heavy atom. The van der Waals surface area contributed by atoms with Gasteiger partial charge in [0, 0.05) is 37.2 Å². The highest BCUT2D eigenvalue weighted by molar-refractivity contribution is 6.05. The van der Waals surface area contributed by atoms with E-state index in [4.69, 9.17) is 0 Å². The average molecular weight is 396 g/mol. The highest BCUT2D eigenvalue weighted by Crippen LogP contribution is 2.32. The lowest BCUT2D eigenvalue weighted by atomic mass is 9.89. The molecule has 7 nitrogen and oxygen atoms in total. The molecule has 7 heteroatoms. The number of likely N-dealkylation sites (tertiary alicyclic amines) is 1. The Morgan fingerprint density at radius 3 is 2.83 bits per heavy atom. The summed E-state index contributed by atoms with van der Waals surface area (Å²) >= 11 is 0. The zero-order chi connectivity index (χ0) is 20.0. The fourth-order valence-corrected chi connectivity index (χ4v) is 5.58. The number of hydrogen-bond donors (Lipinski definition) is 2. The minimum Gasteiger partial charge on any atom is -0.322 e. The quantitative estimate of drug-likeness (QED) is 0.750. The lowest BCUT2D eigenvalue weighted by molar-refractivity contribution is -0.136. The van der Waals surface area contributed by atoms with Gasteiger partial charge in [0.2, 0.25) is 11.8 Å². The molecule has 3 atom stereocenters. The van der Waals surface area contributed by atoms with Gasteiger partial charge in [0.1, 0.15) is 6.04 Å². The van der Waals surface area contributed by atoms with Crippen LogP contribution in [-0.4, -0.2) is 58.7 Å². The van der Waals surface area contributed by atoms with Crippen LogP contribution in [0.15, 0.2) is 18.2 Å². The molecule has 3 unspecified atom stereocenters. The van der Waals surface area contributed by atoms with Crippen molar-refractivity contribution in [1.29, 1.82) is 0 Å². The summed E-state index contributed by atoms with van der Waals surface area (Å²) in [5.74, 6) is -0.673. The molecular formula is C22H28N4O3. The van der Waals surface area contributed by atoms with Crippen LogP contribution in [0.4, 0.5) is 0 Å². The number of nitrogens with one attached hydrogen (secondary N) is 2. The highest BCUT2D eigenvalue weighted by Gasteiger charge is 2.40. The maximum Gasteiger partial charge on any atom is 0.255 e. The lowest BCUT2D eigenvalue weighted by Crippen LogP contribution is -2.56. The Labute approximate surface area is 170 Å².